The van der Waals surface area contributed by atoms with Gasteiger partial charge >= 0.3 is 0 Å². The molecule has 8 bridgehead atoms. The van der Waals surface area contributed by atoms with Crippen molar-refractivity contribution in [2.24, 2.45) is 20.0 Å². The third-order valence-electron chi connectivity index (χ3n) is 6.33. The molecule has 156 valence electrons. The normalized spacial score (nSPS) is 21.8. The number of fused-ring (bicyclic) bond motifs is 4. The summed E-state index contributed by atoms with van der Waals surface area (Å²) in [5.74, 6) is 0. The maximum absolute atomic E-state index is 5.06. The van der Waals surface area contributed by atoms with E-state index in [4.69, 9.17) is 20.0 Å². The van der Waals surface area contributed by atoms with E-state index in [1.54, 1.807) is 0 Å². The fourth-order valence-electron chi connectivity index (χ4n) is 4.44. The topological polar surface area (TPSA) is 49.4 Å². The Hall–Kier alpha value is -3.92. The Kier molecular flexibility index (Phi) is 4.59. The van der Waals surface area contributed by atoms with E-state index < -0.39 is 0 Å². The van der Waals surface area contributed by atoms with Crippen LogP contribution in [0.15, 0.2) is 138 Å². The van der Waals surface area contributed by atoms with Crippen molar-refractivity contribution < 1.29 is 0 Å². The third-order valence-corrected chi connectivity index (χ3v) is 6.33. The lowest BCUT2D eigenvalue weighted by molar-refractivity contribution is 1.26. The molecule has 0 aromatic carbocycles. The van der Waals surface area contributed by atoms with Crippen molar-refractivity contribution in [3.63, 3.8) is 0 Å². The van der Waals surface area contributed by atoms with Gasteiger partial charge in [-0.2, -0.15) is 0 Å². The quantitative estimate of drug-likeness (QED) is 0.511. The van der Waals surface area contributed by atoms with E-state index in [0.717, 1.165) is 73.5 Å². The third kappa shape index (κ3) is 2.99. The molecule has 0 saturated heterocycles. The monoisotopic (exact) mass is 416 g/mol. The van der Waals surface area contributed by atoms with E-state index >= 15 is 0 Å². The van der Waals surface area contributed by atoms with Crippen LogP contribution in [-0.2, 0) is 0 Å². The highest BCUT2D eigenvalue weighted by atomic mass is 14.9. The van der Waals surface area contributed by atoms with Crippen molar-refractivity contribution in [2.45, 2.75) is 27.7 Å². The summed E-state index contributed by atoms with van der Waals surface area (Å²) < 4.78 is 0. The predicted octanol–water partition coefficient (Wildman–Crippen LogP) is 6.25. The van der Waals surface area contributed by atoms with Crippen LogP contribution in [0.4, 0.5) is 0 Å². The van der Waals surface area contributed by atoms with E-state index in [1.807, 2.05) is 48.6 Å². The summed E-state index contributed by atoms with van der Waals surface area (Å²) in [7, 11) is 0. The summed E-state index contributed by atoms with van der Waals surface area (Å²) >= 11 is 0. The molecule has 0 spiro atoms. The molecule has 5 rings (SSSR count). The molecule has 0 atom stereocenters. The van der Waals surface area contributed by atoms with E-state index in [0.29, 0.717) is 0 Å². The highest BCUT2D eigenvalue weighted by Crippen LogP contribution is 2.36. The number of rotatable bonds is 2. The van der Waals surface area contributed by atoms with Gasteiger partial charge in [0.2, 0.25) is 0 Å². The Bertz CT molecular complexity index is 1400. The molecule has 0 N–H and O–H groups in total. The molecule has 32 heavy (non-hydrogen) atoms. The molecular weight excluding hydrogens is 392 g/mol. The number of aliphatic imine (C=N–C) groups is 4. The van der Waals surface area contributed by atoms with Crippen LogP contribution >= 0.6 is 0 Å². The number of hydrogen-bond acceptors (Lipinski definition) is 4. The zero-order chi connectivity index (χ0) is 22.6. The molecule has 0 fully saturated rings. The summed E-state index contributed by atoms with van der Waals surface area (Å²) in [4.78, 5) is 19.6. The summed E-state index contributed by atoms with van der Waals surface area (Å²) in [5, 5.41) is 0. The molecule has 0 aromatic rings. The van der Waals surface area contributed by atoms with Crippen molar-refractivity contribution in [2.75, 3.05) is 0 Å². The molecule has 4 nitrogen and oxygen atoms in total. The van der Waals surface area contributed by atoms with Gasteiger partial charge in [-0.1, -0.05) is 25.3 Å². The summed E-state index contributed by atoms with van der Waals surface area (Å²) in [6, 6.07) is 0. The van der Waals surface area contributed by atoms with Gasteiger partial charge in [-0.25, -0.2) is 20.0 Å². The zero-order valence-electron chi connectivity index (χ0n) is 18.8. The Morgan fingerprint density at radius 2 is 1.34 bits per heavy atom. The Morgan fingerprint density at radius 3 is 2.09 bits per heavy atom. The van der Waals surface area contributed by atoms with Gasteiger partial charge in [0.15, 0.2) is 0 Å². The molecular formula is C28H24N4. The van der Waals surface area contributed by atoms with Gasteiger partial charge in [0, 0.05) is 22.3 Å². The van der Waals surface area contributed by atoms with Gasteiger partial charge in [-0.15, -0.1) is 0 Å². The number of allylic oxidation sites excluding steroid dienone is 13. The molecule has 5 aliphatic rings. The molecule has 0 amide bonds. The van der Waals surface area contributed by atoms with Crippen molar-refractivity contribution in [3.05, 3.63) is 118 Å². The molecule has 0 aliphatic carbocycles. The standard InChI is InChI=1S/C28H24N4/c1-7-22-23(8-2)28-18(6)27-16(4)15(3)26(32-27)17(5)24-12-11-20(30-24)13-19-9-10-21(29-19)14-25(22)31-28/h7-14H,1-2H2,3-6H3. The van der Waals surface area contributed by atoms with Crippen molar-refractivity contribution in [3.8, 4) is 0 Å². The Labute approximate surface area is 188 Å². The SMILES string of the molecule is C=CC1=C(C=C)C2=NC1=CC1=NC(=CC3=NC(=C(C)C4=NC(=C2C)C(C)=C4C)C=C3)C=C1. The fourth-order valence-corrected chi connectivity index (χ4v) is 4.44. The maximum atomic E-state index is 5.06. The Balaban J connectivity index is 1.82. The van der Waals surface area contributed by atoms with Gasteiger partial charge in [-0.05, 0) is 75.3 Å². The number of nitrogens with zero attached hydrogens (tertiary/aromatic N) is 4. The van der Waals surface area contributed by atoms with E-state index in [1.165, 1.54) is 5.57 Å². The smallest absolute Gasteiger partial charge is 0.0766 e. The van der Waals surface area contributed by atoms with Gasteiger partial charge in [0.1, 0.15) is 0 Å². The maximum Gasteiger partial charge on any atom is 0.0766 e. The fraction of sp³-hybridized carbons (Fsp3) is 0.143. The lowest BCUT2D eigenvalue weighted by Gasteiger charge is -2.08. The van der Waals surface area contributed by atoms with Crippen LogP contribution in [0.3, 0.4) is 0 Å². The van der Waals surface area contributed by atoms with Crippen LogP contribution in [0, 0.1) is 0 Å². The van der Waals surface area contributed by atoms with Crippen LogP contribution in [0.25, 0.3) is 0 Å². The predicted molar refractivity (Wildman–Crippen MR) is 135 cm³/mol. The van der Waals surface area contributed by atoms with Gasteiger partial charge in [0.25, 0.3) is 0 Å². The van der Waals surface area contributed by atoms with Gasteiger partial charge in [0.05, 0.1) is 45.6 Å². The first kappa shape index (κ1) is 20.0. The minimum absolute atomic E-state index is 0.832. The largest absolute Gasteiger partial charge is 0.249 e. The summed E-state index contributed by atoms with van der Waals surface area (Å²) in [6.07, 6.45) is 15.7. The van der Waals surface area contributed by atoms with Crippen LogP contribution in [0.1, 0.15) is 27.7 Å². The molecule has 0 unspecified atom stereocenters. The van der Waals surface area contributed by atoms with Crippen molar-refractivity contribution in [1.29, 1.82) is 0 Å². The molecule has 4 heteroatoms. The highest BCUT2D eigenvalue weighted by Gasteiger charge is 2.28. The van der Waals surface area contributed by atoms with Crippen LogP contribution < -0.4 is 0 Å². The molecule has 0 saturated carbocycles. The second-order valence-electron chi connectivity index (χ2n) is 8.23. The minimum Gasteiger partial charge on any atom is -0.249 e. The first-order valence-corrected chi connectivity index (χ1v) is 10.7. The first-order chi connectivity index (χ1) is 15.4. The zero-order valence-corrected chi connectivity index (χ0v) is 18.8. The summed E-state index contributed by atoms with van der Waals surface area (Å²) in [5.41, 5.74) is 13.5. The first-order valence-electron chi connectivity index (χ1n) is 10.7. The second-order valence-corrected chi connectivity index (χ2v) is 8.23. The van der Waals surface area contributed by atoms with Gasteiger partial charge in [-0.3, -0.25) is 0 Å². The van der Waals surface area contributed by atoms with E-state index in [-0.39, 0.29) is 0 Å². The van der Waals surface area contributed by atoms with Crippen molar-refractivity contribution >= 4 is 22.8 Å². The van der Waals surface area contributed by atoms with E-state index in [9.17, 15) is 0 Å². The van der Waals surface area contributed by atoms with Crippen LogP contribution in [0.5, 0.6) is 0 Å². The lowest BCUT2D eigenvalue weighted by Crippen LogP contribution is -2.03. The van der Waals surface area contributed by atoms with Gasteiger partial charge < -0.3 is 0 Å². The summed E-state index contributed by atoms with van der Waals surface area (Å²) in [6.45, 7) is 16.5. The highest BCUT2D eigenvalue weighted by molar-refractivity contribution is 6.22. The van der Waals surface area contributed by atoms with Crippen LogP contribution in [-0.4, -0.2) is 22.8 Å². The number of hydrogen-bond donors (Lipinski definition) is 0. The molecule has 5 aliphatic heterocycles. The second kappa shape index (κ2) is 7.34. The minimum atomic E-state index is 0.832. The lowest BCUT2D eigenvalue weighted by atomic mass is 9.96. The van der Waals surface area contributed by atoms with Crippen molar-refractivity contribution in [1.82, 2.24) is 0 Å². The van der Waals surface area contributed by atoms with Crippen LogP contribution in [0.2, 0.25) is 0 Å². The average molecular weight is 417 g/mol. The molecule has 5 heterocycles. The van der Waals surface area contributed by atoms with E-state index in [2.05, 4.69) is 40.9 Å². The molecule has 0 radical (unpaired) electrons. The molecule has 0 aromatic heterocycles. The Morgan fingerprint density at radius 1 is 0.625 bits per heavy atom. The average Bonchev–Trinajstić information content (AvgIpc) is 3.55.